The van der Waals surface area contributed by atoms with Crippen LogP contribution in [-0.4, -0.2) is 6.54 Å². The van der Waals surface area contributed by atoms with Crippen molar-refractivity contribution in [3.05, 3.63) is 35.4 Å². The van der Waals surface area contributed by atoms with Gasteiger partial charge in [0.2, 0.25) is 0 Å². The zero-order chi connectivity index (χ0) is 10.8. The minimum Gasteiger partial charge on any atom is -0.330 e. The molecule has 1 rings (SSSR count). The third-order valence-corrected chi connectivity index (χ3v) is 2.14. The minimum absolute atomic E-state index is 0. The lowest BCUT2D eigenvalue weighted by Gasteiger charge is -2.12. The van der Waals surface area contributed by atoms with Gasteiger partial charge in [-0.2, -0.15) is 13.2 Å². The quantitative estimate of drug-likeness (QED) is 0.843. The van der Waals surface area contributed by atoms with E-state index in [1.165, 1.54) is 6.07 Å². The SMILES string of the molecule is C[C@H](CN)c1cccc(C(F)(F)F)c1.Cl. The van der Waals surface area contributed by atoms with Crippen molar-refractivity contribution < 1.29 is 13.2 Å². The van der Waals surface area contributed by atoms with Crippen LogP contribution in [-0.2, 0) is 6.18 Å². The Morgan fingerprint density at radius 3 is 2.40 bits per heavy atom. The van der Waals surface area contributed by atoms with Crippen LogP contribution in [0.25, 0.3) is 0 Å². The molecule has 2 N–H and O–H groups in total. The summed E-state index contributed by atoms with van der Waals surface area (Å²) in [6.45, 7) is 2.15. The van der Waals surface area contributed by atoms with Gasteiger partial charge in [-0.25, -0.2) is 0 Å². The third-order valence-electron chi connectivity index (χ3n) is 2.14. The number of benzene rings is 1. The Bertz CT molecular complexity index is 312. The van der Waals surface area contributed by atoms with Crippen LogP contribution < -0.4 is 5.73 Å². The largest absolute Gasteiger partial charge is 0.416 e. The molecule has 1 aromatic carbocycles. The first-order chi connectivity index (χ1) is 6.45. The number of nitrogens with two attached hydrogens (primary N) is 1. The second kappa shape index (κ2) is 5.37. The number of alkyl halides is 3. The lowest BCUT2D eigenvalue weighted by molar-refractivity contribution is -0.137. The zero-order valence-electron chi connectivity index (χ0n) is 8.21. The van der Waals surface area contributed by atoms with Gasteiger partial charge in [0.15, 0.2) is 0 Å². The molecular formula is C10H13ClF3N. The highest BCUT2D eigenvalue weighted by molar-refractivity contribution is 5.85. The molecule has 0 radical (unpaired) electrons. The van der Waals surface area contributed by atoms with Crippen molar-refractivity contribution in [3.8, 4) is 0 Å². The molecule has 15 heavy (non-hydrogen) atoms. The van der Waals surface area contributed by atoms with Gasteiger partial charge < -0.3 is 5.73 Å². The van der Waals surface area contributed by atoms with Crippen LogP contribution in [0.4, 0.5) is 13.2 Å². The molecule has 1 aromatic rings. The van der Waals surface area contributed by atoms with Gasteiger partial charge >= 0.3 is 6.18 Å². The molecule has 0 saturated heterocycles. The summed E-state index contributed by atoms with van der Waals surface area (Å²) in [5, 5.41) is 0. The maximum absolute atomic E-state index is 12.3. The first-order valence-electron chi connectivity index (χ1n) is 4.32. The van der Waals surface area contributed by atoms with Gasteiger partial charge in [-0.15, -0.1) is 12.4 Å². The maximum atomic E-state index is 12.3. The molecule has 0 aromatic heterocycles. The van der Waals surface area contributed by atoms with E-state index in [0.717, 1.165) is 12.1 Å². The first-order valence-corrected chi connectivity index (χ1v) is 4.32. The third kappa shape index (κ3) is 3.72. The fourth-order valence-electron chi connectivity index (χ4n) is 1.16. The molecule has 0 fully saturated rings. The molecule has 0 aliphatic heterocycles. The Morgan fingerprint density at radius 1 is 1.33 bits per heavy atom. The lowest BCUT2D eigenvalue weighted by atomic mass is 9.99. The van der Waals surface area contributed by atoms with Gasteiger partial charge in [0, 0.05) is 0 Å². The van der Waals surface area contributed by atoms with Crippen LogP contribution in [0.5, 0.6) is 0 Å². The van der Waals surface area contributed by atoms with E-state index in [9.17, 15) is 13.2 Å². The predicted molar refractivity (Wildman–Crippen MR) is 56.2 cm³/mol. The number of halogens is 4. The van der Waals surface area contributed by atoms with E-state index >= 15 is 0 Å². The molecule has 1 atom stereocenters. The summed E-state index contributed by atoms with van der Waals surface area (Å²) in [5.74, 6) is -0.0442. The van der Waals surface area contributed by atoms with Crippen LogP contribution in [0, 0.1) is 0 Å². The molecule has 0 saturated carbocycles. The van der Waals surface area contributed by atoms with Crippen LogP contribution in [0.2, 0.25) is 0 Å². The summed E-state index contributed by atoms with van der Waals surface area (Å²) in [4.78, 5) is 0. The summed E-state index contributed by atoms with van der Waals surface area (Å²) in [7, 11) is 0. The number of hydrogen-bond donors (Lipinski definition) is 1. The van der Waals surface area contributed by atoms with Gasteiger partial charge in [0.05, 0.1) is 5.56 Å². The number of hydrogen-bond acceptors (Lipinski definition) is 1. The van der Waals surface area contributed by atoms with Crippen LogP contribution >= 0.6 is 12.4 Å². The van der Waals surface area contributed by atoms with Crippen LogP contribution in [0.15, 0.2) is 24.3 Å². The normalized spacial score (nSPS) is 13.1. The Hall–Kier alpha value is -0.740. The van der Waals surface area contributed by atoms with Gasteiger partial charge in [-0.05, 0) is 24.1 Å². The molecule has 0 aliphatic rings. The Morgan fingerprint density at radius 2 is 1.93 bits per heavy atom. The van der Waals surface area contributed by atoms with Crippen molar-refractivity contribution in [1.82, 2.24) is 0 Å². The van der Waals surface area contributed by atoms with E-state index < -0.39 is 11.7 Å². The summed E-state index contributed by atoms with van der Waals surface area (Å²) in [5.41, 5.74) is 5.39. The molecule has 0 heterocycles. The molecule has 86 valence electrons. The monoisotopic (exact) mass is 239 g/mol. The Kier molecular flexibility index (Phi) is 5.11. The molecular weight excluding hydrogens is 227 g/mol. The smallest absolute Gasteiger partial charge is 0.330 e. The van der Waals surface area contributed by atoms with Crippen molar-refractivity contribution in [2.45, 2.75) is 19.0 Å². The molecule has 1 nitrogen and oxygen atoms in total. The van der Waals surface area contributed by atoms with E-state index in [1.807, 2.05) is 0 Å². The zero-order valence-corrected chi connectivity index (χ0v) is 9.03. The van der Waals surface area contributed by atoms with Crippen molar-refractivity contribution in [1.29, 1.82) is 0 Å². The second-order valence-electron chi connectivity index (χ2n) is 3.26. The van der Waals surface area contributed by atoms with Gasteiger partial charge in [-0.1, -0.05) is 25.1 Å². The highest BCUT2D eigenvalue weighted by Crippen LogP contribution is 2.30. The van der Waals surface area contributed by atoms with E-state index in [2.05, 4.69) is 0 Å². The Balaban J connectivity index is 0.00000196. The van der Waals surface area contributed by atoms with Gasteiger partial charge in [0.1, 0.15) is 0 Å². The molecule has 0 amide bonds. The minimum atomic E-state index is -4.27. The Labute approximate surface area is 92.9 Å². The lowest BCUT2D eigenvalue weighted by Crippen LogP contribution is -2.11. The standard InChI is InChI=1S/C10H12F3N.ClH/c1-7(6-14)8-3-2-4-9(5-8)10(11,12)13;/h2-5,7H,6,14H2,1H3;1H/t7-;/m1./s1. The maximum Gasteiger partial charge on any atom is 0.416 e. The van der Waals surface area contributed by atoms with Gasteiger partial charge in [0.25, 0.3) is 0 Å². The summed E-state index contributed by atoms with van der Waals surface area (Å²) >= 11 is 0. The highest BCUT2D eigenvalue weighted by Gasteiger charge is 2.30. The molecule has 5 heteroatoms. The van der Waals surface area contributed by atoms with E-state index in [0.29, 0.717) is 12.1 Å². The van der Waals surface area contributed by atoms with Crippen molar-refractivity contribution in [3.63, 3.8) is 0 Å². The van der Waals surface area contributed by atoms with E-state index in [1.54, 1.807) is 13.0 Å². The van der Waals surface area contributed by atoms with Crippen LogP contribution in [0.3, 0.4) is 0 Å². The number of rotatable bonds is 2. The molecule has 0 aliphatic carbocycles. The molecule has 0 spiro atoms. The van der Waals surface area contributed by atoms with Crippen molar-refractivity contribution in [2.24, 2.45) is 5.73 Å². The average molecular weight is 240 g/mol. The van der Waals surface area contributed by atoms with E-state index in [-0.39, 0.29) is 18.3 Å². The fraction of sp³-hybridized carbons (Fsp3) is 0.400. The summed E-state index contributed by atoms with van der Waals surface area (Å²) in [6, 6.07) is 5.28. The highest BCUT2D eigenvalue weighted by atomic mass is 35.5. The molecule has 0 unspecified atom stereocenters. The summed E-state index contributed by atoms with van der Waals surface area (Å²) in [6.07, 6.45) is -4.27. The topological polar surface area (TPSA) is 26.0 Å². The first kappa shape index (κ1) is 14.3. The van der Waals surface area contributed by atoms with Gasteiger partial charge in [-0.3, -0.25) is 0 Å². The molecule has 0 bridgehead atoms. The van der Waals surface area contributed by atoms with Crippen molar-refractivity contribution >= 4 is 12.4 Å². The predicted octanol–water partition coefficient (Wildman–Crippen LogP) is 3.19. The average Bonchev–Trinajstić information content (AvgIpc) is 2.15. The van der Waals surface area contributed by atoms with Crippen molar-refractivity contribution in [2.75, 3.05) is 6.54 Å². The second-order valence-corrected chi connectivity index (χ2v) is 3.26. The van der Waals surface area contributed by atoms with Crippen LogP contribution in [0.1, 0.15) is 24.0 Å². The van der Waals surface area contributed by atoms with E-state index in [4.69, 9.17) is 5.73 Å². The fourth-order valence-corrected chi connectivity index (χ4v) is 1.16. The summed E-state index contributed by atoms with van der Waals surface area (Å²) < 4.78 is 36.9.